The Labute approximate surface area is 149 Å². The molecule has 23 heavy (non-hydrogen) atoms. The Balaban J connectivity index is 1.72. The molecule has 0 spiro atoms. The van der Waals surface area contributed by atoms with Crippen molar-refractivity contribution in [1.29, 1.82) is 0 Å². The van der Waals surface area contributed by atoms with Crippen LogP contribution in [0.3, 0.4) is 0 Å². The zero-order valence-corrected chi connectivity index (χ0v) is 15.3. The van der Waals surface area contributed by atoms with Crippen molar-refractivity contribution in [3.63, 3.8) is 0 Å². The predicted octanol–water partition coefficient (Wildman–Crippen LogP) is 3.64. The van der Waals surface area contributed by atoms with Gasteiger partial charge in [0.15, 0.2) is 5.96 Å². The fraction of sp³-hybridized carbons (Fsp3) is 0.375. The van der Waals surface area contributed by atoms with Crippen LogP contribution in [0.5, 0.6) is 0 Å². The molecule has 0 aliphatic carbocycles. The number of guanidine groups is 1. The molecular formula is C16H19ClN4S2. The topological polar surface area (TPSA) is 54.5 Å². The summed E-state index contributed by atoms with van der Waals surface area (Å²) in [6.07, 6.45) is 0. The summed E-state index contributed by atoms with van der Waals surface area (Å²) in [5, 5.41) is 1.72. The molecule has 7 heteroatoms. The van der Waals surface area contributed by atoms with E-state index >= 15 is 0 Å². The molecule has 1 aliphatic rings. The van der Waals surface area contributed by atoms with Crippen LogP contribution in [0.25, 0.3) is 11.3 Å². The van der Waals surface area contributed by atoms with E-state index in [1.165, 1.54) is 4.88 Å². The van der Waals surface area contributed by atoms with Crippen LogP contribution >= 0.6 is 34.7 Å². The maximum absolute atomic E-state index is 6.10. The third-order valence-corrected chi connectivity index (χ3v) is 5.82. The minimum Gasteiger partial charge on any atom is -0.370 e. The summed E-state index contributed by atoms with van der Waals surface area (Å²) in [7, 11) is 0. The van der Waals surface area contributed by atoms with Crippen LogP contribution in [0.2, 0.25) is 5.02 Å². The minimum atomic E-state index is 0.536. The van der Waals surface area contributed by atoms with Crippen molar-refractivity contribution in [3.8, 4) is 11.3 Å². The number of aromatic nitrogens is 1. The van der Waals surface area contributed by atoms with Gasteiger partial charge in [-0.05, 0) is 19.1 Å². The number of nitrogens with two attached hydrogens (primary N) is 1. The maximum Gasteiger partial charge on any atom is 0.191 e. The van der Waals surface area contributed by atoms with Gasteiger partial charge in [-0.25, -0.2) is 9.98 Å². The number of aryl methyl sites for hydroxylation is 1. The molecule has 1 aliphatic heterocycles. The van der Waals surface area contributed by atoms with Crippen LogP contribution in [0.15, 0.2) is 29.3 Å². The largest absolute Gasteiger partial charge is 0.370 e. The summed E-state index contributed by atoms with van der Waals surface area (Å²) in [5.41, 5.74) is 8.18. The molecule has 0 amide bonds. The van der Waals surface area contributed by atoms with Crippen molar-refractivity contribution >= 4 is 40.7 Å². The van der Waals surface area contributed by atoms with Gasteiger partial charge in [-0.2, -0.15) is 11.8 Å². The van der Waals surface area contributed by atoms with Gasteiger partial charge >= 0.3 is 0 Å². The second kappa shape index (κ2) is 7.55. The Morgan fingerprint density at radius 3 is 2.70 bits per heavy atom. The molecule has 0 unspecified atom stereocenters. The summed E-state index contributed by atoms with van der Waals surface area (Å²) in [6.45, 7) is 4.58. The molecule has 4 nitrogen and oxygen atoms in total. The van der Waals surface area contributed by atoms with Crippen LogP contribution in [0, 0.1) is 6.92 Å². The van der Waals surface area contributed by atoms with E-state index in [-0.39, 0.29) is 0 Å². The highest BCUT2D eigenvalue weighted by Gasteiger charge is 2.13. The summed E-state index contributed by atoms with van der Waals surface area (Å²) < 4.78 is 0. The highest BCUT2D eigenvalue weighted by Crippen LogP contribution is 2.28. The number of hydrogen-bond acceptors (Lipinski definition) is 4. The molecule has 2 N–H and O–H groups in total. The first-order valence-electron chi connectivity index (χ1n) is 7.48. The van der Waals surface area contributed by atoms with Crippen molar-refractivity contribution in [2.45, 2.75) is 13.5 Å². The summed E-state index contributed by atoms with van der Waals surface area (Å²) in [4.78, 5) is 12.6. The first-order chi connectivity index (χ1) is 11.1. The van der Waals surface area contributed by atoms with E-state index in [2.05, 4.69) is 16.8 Å². The maximum atomic E-state index is 6.10. The van der Waals surface area contributed by atoms with Gasteiger partial charge in [-0.1, -0.05) is 23.7 Å². The zero-order valence-electron chi connectivity index (χ0n) is 13.0. The molecule has 0 atom stereocenters. The lowest BCUT2D eigenvalue weighted by atomic mass is 10.1. The molecule has 3 rings (SSSR count). The number of nitrogens with zero attached hydrogens (tertiary/aromatic N) is 3. The third kappa shape index (κ3) is 4.19. The second-order valence-electron chi connectivity index (χ2n) is 5.29. The van der Waals surface area contributed by atoms with Crippen molar-refractivity contribution in [3.05, 3.63) is 39.2 Å². The van der Waals surface area contributed by atoms with Crippen LogP contribution in [-0.4, -0.2) is 40.4 Å². The lowest BCUT2D eigenvalue weighted by molar-refractivity contribution is 0.455. The SMILES string of the molecule is Cc1sc(CN=C(N)N2CCSCC2)nc1-c1ccc(Cl)cc1. The van der Waals surface area contributed by atoms with E-state index in [9.17, 15) is 0 Å². The minimum absolute atomic E-state index is 0.536. The average Bonchev–Trinajstić information content (AvgIpc) is 2.95. The monoisotopic (exact) mass is 366 g/mol. The van der Waals surface area contributed by atoms with E-state index in [1.54, 1.807) is 11.3 Å². The highest BCUT2D eigenvalue weighted by molar-refractivity contribution is 7.99. The van der Waals surface area contributed by atoms with E-state index in [4.69, 9.17) is 22.3 Å². The Morgan fingerprint density at radius 2 is 2.00 bits per heavy atom. The van der Waals surface area contributed by atoms with E-state index in [0.29, 0.717) is 12.5 Å². The molecule has 1 aromatic carbocycles. The first kappa shape index (κ1) is 16.6. The van der Waals surface area contributed by atoms with Gasteiger partial charge in [0.2, 0.25) is 0 Å². The molecule has 2 heterocycles. The standard InChI is InChI=1S/C16H19ClN4S2/c1-11-15(12-2-4-13(17)5-3-12)20-14(23-11)10-19-16(18)21-6-8-22-9-7-21/h2-5H,6-10H2,1H3,(H2,18,19). The van der Waals surface area contributed by atoms with E-state index in [1.807, 2.05) is 36.0 Å². The molecule has 1 fully saturated rings. The Morgan fingerprint density at radius 1 is 1.30 bits per heavy atom. The van der Waals surface area contributed by atoms with Crippen LogP contribution in [0.4, 0.5) is 0 Å². The highest BCUT2D eigenvalue weighted by atomic mass is 35.5. The van der Waals surface area contributed by atoms with Gasteiger partial charge < -0.3 is 10.6 Å². The number of halogens is 1. The van der Waals surface area contributed by atoms with Gasteiger partial charge in [0.25, 0.3) is 0 Å². The van der Waals surface area contributed by atoms with Crippen LogP contribution in [-0.2, 0) is 6.54 Å². The zero-order chi connectivity index (χ0) is 16.2. The lowest BCUT2D eigenvalue weighted by Crippen LogP contribution is -2.42. The first-order valence-corrected chi connectivity index (χ1v) is 9.83. The average molecular weight is 367 g/mol. The molecule has 0 bridgehead atoms. The second-order valence-corrected chi connectivity index (χ2v) is 8.24. The summed E-state index contributed by atoms with van der Waals surface area (Å²) in [5.74, 6) is 2.87. The Bertz CT molecular complexity index is 691. The third-order valence-electron chi connectivity index (χ3n) is 3.67. The quantitative estimate of drug-likeness (QED) is 0.665. The van der Waals surface area contributed by atoms with Gasteiger partial charge in [-0.15, -0.1) is 11.3 Å². The molecule has 1 aromatic heterocycles. The predicted molar refractivity (Wildman–Crippen MR) is 102 cm³/mol. The van der Waals surface area contributed by atoms with E-state index in [0.717, 1.165) is 45.9 Å². The van der Waals surface area contributed by atoms with Gasteiger partial charge in [0.1, 0.15) is 5.01 Å². The van der Waals surface area contributed by atoms with Crippen molar-refractivity contribution in [2.75, 3.05) is 24.6 Å². The molecule has 122 valence electrons. The number of aliphatic imine (C=N–C) groups is 1. The van der Waals surface area contributed by atoms with Crippen LogP contribution < -0.4 is 5.73 Å². The molecule has 1 saturated heterocycles. The Kier molecular flexibility index (Phi) is 5.46. The fourth-order valence-corrected chi connectivity index (χ4v) is 4.34. The van der Waals surface area contributed by atoms with Crippen molar-refractivity contribution < 1.29 is 0 Å². The lowest BCUT2D eigenvalue weighted by Gasteiger charge is -2.27. The number of thiazole rings is 1. The normalized spacial score (nSPS) is 15.9. The number of benzene rings is 1. The fourth-order valence-electron chi connectivity index (χ4n) is 2.44. The molecule has 2 aromatic rings. The number of rotatable bonds is 3. The van der Waals surface area contributed by atoms with Gasteiger partial charge in [0, 0.05) is 40.1 Å². The smallest absolute Gasteiger partial charge is 0.191 e. The van der Waals surface area contributed by atoms with Crippen molar-refractivity contribution in [2.24, 2.45) is 10.7 Å². The molecule has 0 saturated carbocycles. The van der Waals surface area contributed by atoms with Crippen molar-refractivity contribution in [1.82, 2.24) is 9.88 Å². The van der Waals surface area contributed by atoms with Gasteiger partial charge in [0.05, 0.1) is 12.2 Å². The number of hydrogen-bond donors (Lipinski definition) is 1. The van der Waals surface area contributed by atoms with Gasteiger partial charge in [-0.3, -0.25) is 0 Å². The van der Waals surface area contributed by atoms with Crippen LogP contribution in [0.1, 0.15) is 9.88 Å². The Hall–Kier alpha value is -1.24. The van der Waals surface area contributed by atoms with E-state index < -0.39 is 0 Å². The summed E-state index contributed by atoms with van der Waals surface area (Å²) in [6, 6.07) is 7.77. The molecular weight excluding hydrogens is 348 g/mol. The summed E-state index contributed by atoms with van der Waals surface area (Å²) >= 11 is 9.58. The molecule has 0 radical (unpaired) electrons. The number of thioether (sulfide) groups is 1.